The smallest absolute Gasteiger partial charge is 0.290 e. The van der Waals surface area contributed by atoms with Crippen molar-refractivity contribution in [3.05, 3.63) is 59.4 Å². The summed E-state index contributed by atoms with van der Waals surface area (Å²) in [6.45, 7) is 6.62. The minimum atomic E-state index is 0.00000758. The van der Waals surface area contributed by atoms with E-state index in [0.29, 0.717) is 6.54 Å². The van der Waals surface area contributed by atoms with E-state index < -0.39 is 0 Å². The molecule has 22 heavy (non-hydrogen) atoms. The summed E-state index contributed by atoms with van der Waals surface area (Å²) in [4.78, 5) is 12.2. The summed E-state index contributed by atoms with van der Waals surface area (Å²) in [7, 11) is 0. The Morgan fingerprint density at radius 1 is 1.14 bits per heavy atom. The first-order valence-corrected chi connectivity index (χ1v) is 7.94. The molecule has 0 atom stereocenters. The van der Waals surface area contributed by atoms with Crippen molar-refractivity contribution in [1.29, 1.82) is 0 Å². The second-order valence-corrected chi connectivity index (χ2v) is 5.75. The maximum Gasteiger partial charge on any atom is 0.290 e. The van der Waals surface area contributed by atoms with Crippen LogP contribution in [-0.2, 0) is 17.8 Å². The van der Waals surface area contributed by atoms with E-state index in [0.717, 1.165) is 17.8 Å². The van der Waals surface area contributed by atoms with Crippen LogP contribution in [0.1, 0.15) is 36.6 Å². The molecule has 2 rings (SSSR count). The van der Waals surface area contributed by atoms with Gasteiger partial charge in [-0.2, -0.15) is 4.57 Å². The van der Waals surface area contributed by atoms with Gasteiger partial charge in [-0.3, -0.25) is 4.79 Å². The molecule has 0 aliphatic rings. The minimum Gasteiger partial charge on any atom is -0.321 e. The van der Waals surface area contributed by atoms with Crippen molar-refractivity contribution in [2.75, 3.05) is 5.32 Å². The largest absolute Gasteiger partial charge is 0.321 e. The predicted molar refractivity (Wildman–Crippen MR) is 89.8 cm³/mol. The van der Waals surface area contributed by atoms with Crippen molar-refractivity contribution in [3.63, 3.8) is 0 Å². The molecule has 0 spiro atoms. The number of nitrogens with zero attached hydrogens (tertiary/aromatic N) is 1. The zero-order valence-corrected chi connectivity index (χ0v) is 13.7. The molecule has 0 bridgehead atoms. The molecule has 1 aromatic heterocycles. The molecular weight excluding hydrogens is 272 g/mol. The van der Waals surface area contributed by atoms with Crippen molar-refractivity contribution in [2.45, 2.75) is 46.6 Å². The van der Waals surface area contributed by atoms with Crippen LogP contribution in [0.5, 0.6) is 0 Å². The number of anilines is 1. The van der Waals surface area contributed by atoms with Gasteiger partial charge in [0.15, 0.2) is 11.9 Å². The van der Waals surface area contributed by atoms with Crippen LogP contribution in [0.4, 0.5) is 5.69 Å². The summed E-state index contributed by atoms with van der Waals surface area (Å²) in [6.07, 6.45) is 5.44. The molecule has 3 heteroatoms. The van der Waals surface area contributed by atoms with Gasteiger partial charge in [0.2, 0.25) is 6.54 Å². The van der Waals surface area contributed by atoms with Crippen LogP contribution in [-0.4, -0.2) is 5.91 Å². The number of aromatic nitrogens is 1. The topological polar surface area (TPSA) is 33.0 Å². The normalized spacial score (nSPS) is 10.5. The highest BCUT2D eigenvalue weighted by Gasteiger charge is 2.13. The highest BCUT2D eigenvalue weighted by molar-refractivity contribution is 5.89. The lowest BCUT2D eigenvalue weighted by molar-refractivity contribution is -0.690. The number of amides is 1. The van der Waals surface area contributed by atoms with Crippen LogP contribution < -0.4 is 9.88 Å². The Morgan fingerprint density at radius 2 is 1.86 bits per heavy atom. The number of unbranched alkanes of at least 4 members (excludes halogenated alkanes) is 1. The molecule has 3 nitrogen and oxygen atoms in total. The van der Waals surface area contributed by atoms with E-state index in [4.69, 9.17) is 0 Å². The van der Waals surface area contributed by atoms with Crippen LogP contribution in [0.15, 0.2) is 42.6 Å². The average Bonchev–Trinajstić information content (AvgIpc) is 2.51. The van der Waals surface area contributed by atoms with Gasteiger partial charge >= 0.3 is 0 Å². The number of pyridine rings is 1. The van der Waals surface area contributed by atoms with Gasteiger partial charge in [0.1, 0.15) is 0 Å². The van der Waals surface area contributed by atoms with Gasteiger partial charge in [-0.05, 0) is 43.5 Å². The SMILES string of the molecule is CCCCc1ccc(NC(=O)C[n+]2cccc(C)c2C)cc1. The Morgan fingerprint density at radius 3 is 2.55 bits per heavy atom. The number of benzene rings is 1. The van der Waals surface area contributed by atoms with Gasteiger partial charge in [0.05, 0.1) is 0 Å². The summed E-state index contributed by atoms with van der Waals surface area (Å²) in [5, 5.41) is 2.96. The molecule has 1 aromatic carbocycles. The summed E-state index contributed by atoms with van der Waals surface area (Å²) in [6, 6.07) is 12.2. The lowest BCUT2D eigenvalue weighted by Crippen LogP contribution is -2.43. The fourth-order valence-electron chi connectivity index (χ4n) is 2.41. The van der Waals surface area contributed by atoms with E-state index in [1.165, 1.54) is 24.0 Å². The van der Waals surface area contributed by atoms with Crippen LogP contribution in [0.2, 0.25) is 0 Å². The third-order valence-corrected chi connectivity index (χ3v) is 3.98. The van der Waals surface area contributed by atoms with E-state index in [2.05, 4.69) is 37.4 Å². The first-order valence-electron chi connectivity index (χ1n) is 7.94. The third kappa shape index (κ3) is 4.42. The number of hydrogen-bond acceptors (Lipinski definition) is 1. The van der Waals surface area contributed by atoms with Crippen molar-refractivity contribution < 1.29 is 9.36 Å². The average molecular weight is 297 g/mol. The van der Waals surface area contributed by atoms with Gasteiger partial charge in [-0.1, -0.05) is 25.5 Å². The molecule has 1 amide bonds. The highest BCUT2D eigenvalue weighted by atomic mass is 16.1. The fraction of sp³-hybridized carbons (Fsp3) is 0.368. The van der Waals surface area contributed by atoms with Gasteiger partial charge in [0, 0.05) is 24.2 Å². The number of carbonyl (C=O) groups excluding carboxylic acids is 1. The summed E-state index contributed by atoms with van der Waals surface area (Å²) in [5.41, 5.74) is 4.49. The number of carbonyl (C=O) groups is 1. The standard InChI is InChI=1S/C19H24N2O/c1-4-5-8-17-9-11-18(12-10-17)20-19(22)14-21-13-6-7-15(2)16(21)3/h6-7,9-13H,4-5,8,14H2,1-3H3/p+1. The third-order valence-electron chi connectivity index (χ3n) is 3.98. The Labute approximate surface area is 133 Å². The number of rotatable bonds is 6. The van der Waals surface area contributed by atoms with Crippen LogP contribution in [0, 0.1) is 13.8 Å². The molecule has 0 saturated heterocycles. The van der Waals surface area contributed by atoms with Crippen LogP contribution in [0.3, 0.4) is 0 Å². The molecule has 2 aromatic rings. The van der Waals surface area contributed by atoms with E-state index in [-0.39, 0.29) is 5.91 Å². The van der Waals surface area contributed by atoms with Gasteiger partial charge in [0.25, 0.3) is 5.91 Å². The van der Waals surface area contributed by atoms with Crippen molar-refractivity contribution in [3.8, 4) is 0 Å². The molecule has 0 saturated carbocycles. The Balaban J connectivity index is 1.95. The molecule has 1 N–H and O–H groups in total. The van der Waals surface area contributed by atoms with Crippen LogP contribution in [0.25, 0.3) is 0 Å². The fourth-order valence-corrected chi connectivity index (χ4v) is 2.41. The van der Waals surface area contributed by atoms with Gasteiger partial charge in [-0.15, -0.1) is 0 Å². The predicted octanol–water partition coefficient (Wildman–Crippen LogP) is 3.57. The molecule has 0 radical (unpaired) electrons. The molecular formula is C19H25N2O+. The van der Waals surface area contributed by atoms with E-state index >= 15 is 0 Å². The molecule has 1 heterocycles. The first-order chi connectivity index (χ1) is 10.6. The molecule has 0 unspecified atom stereocenters. The summed E-state index contributed by atoms with van der Waals surface area (Å²) >= 11 is 0. The molecule has 0 aliphatic heterocycles. The second kappa shape index (κ2) is 7.74. The molecule has 116 valence electrons. The Hall–Kier alpha value is -2.16. The van der Waals surface area contributed by atoms with Crippen molar-refractivity contribution >= 4 is 11.6 Å². The van der Waals surface area contributed by atoms with E-state index in [9.17, 15) is 4.79 Å². The van der Waals surface area contributed by atoms with Crippen molar-refractivity contribution in [2.24, 2.45) is 0 Å². The van der Waals surface area contributed by atoms with Crippen molar-refractivity contribution in [1.82, 2.24) is 0 Å². The van der Waals surface area contributed by atoms with Crippen LogP contribution >= 0.6 is 0 Å². The number of nitrogens with one attached hydrogen (secondary N) is 1. The quantitative estimate of drug-likeness (QED) is 0.812. The number of hydrogen-bond donors (Lipinski definition) is 1. The zero-order chi connectivity index (χ0) is 15.9. The first kappa shape index (κ1) is 16.2. The van der Waals surface area contributed by atoms with Gasteiger partial charge < -0.3 is 5.32 Å². The Kier molecular flexibility index (Phi) is 5.70. The summed E-state index contributed by atoms with van der Waals surface area (Å²) < 4.78 is 1.97. The molecule has 0 fully saturated rings. The second-order valence-electron chi connectivity index (χ2n) is 5.75. The Bertz CT molecular complexity index is 632. The minimum absolute atomic E-state index is 0.00000758. The molecule has 0 aliphatic carbocycles. The van der Waals surface area contributed by atoms with E-state index in [1.807, 2.05) is 35.9 Å². The number of aryl methyl sites for hydroxylation is 2. The van der Waals surface area contributed by atoms with E-state index in [1.54, 1.807) is 0 Å². The summed E-state index contributed by atoms with van der Waals surface area (Å²) in [5.74, 6) is 0.00000758. The van der Waals surface area contributed by atoms with Gasteiger partial charge in [-0.25, -0.2) is 0 Å². The maximum absolute atomic E-state index is 12.2. The highest BCUT2D eigenvalue weighted by Crippen LogP contribution is 2.11. The lowest BCUT2D eigenvalue weighted by atomic mass is 10.1. The zero-order valence-electron chi connectivity index (χ0n) is 13.7. The monoisotopic (exact) mass is 297 g/mol. The maximum atomic E-state index is 12.2. The lowest BCUT2D eigenvalue weighted by Gasteiger charge is -2.06.